The van der Waals surface area contributed by atoms with Crippen molar-refractivity contribution >= 4 is 23.1 Å². The summed E-state index contributed by atoms with van der Waals surface area (Å²) in [6.45, 7) is 2.00. The van der Waals surface area contributed by atoms with Crippen LogP contribution in [0.15, 0.2) is 5.38 Å². The molecule has 0 aliphatic carbocycles. The molecule has 2 saturated heterocycles. The van der Waals surface area contributed by atoms with Crippen LogP contribution in [-0.4, -0.2) is 29.6 Å². The van der Waals surface area contributed by atoms with Crippen LogP contribution < -0.4 is 5.32 Å². The van der Waals surface area contributed by atoms with Gasteiger partial charge in [0.2, 0.25) is 0 Å². The number of rotatable bonds is 2. The molecular weight excluding hydrogens is 240 g/mol. The molecule has 0 aromatic carbocycles. The number of nitrogens with zero attached hydrogens (tertiary/aromatic N) is 1. The molecule has 2 aliphatic rings. The van der Waals surface area contributed by atoms with Crippen LogP contribution in [-0.2, 0) is 4.74 Å². The van der Waals surface area contributed by atoms with Crippen LogP contribution in [0.4, 0.5) is 0 Å². The number of nitrogens with one attached hydrogen (secondary N) is 1. The second-order valence-electron chi connectivity index (χ2n) is 4.19. The Morgan fingerprint density at radius 3 is 3.25 bits per heavy atom. The molecule has 5 heteroatoms. The van der Waals surface area contributed by atoms with E-state index in [-0.39, 0.29) is 6.10 Å². The highest BCUT2D eigenvalue weighted by molar-refractivity contribution is 7.99. The van der Waals surface area contributed by atoms with Gasteiger partial charge in [0, 0.05) is 16.9 Å². The van der Waals surface area contributed by atoms with E-state index in [2.05, 4.69) is 10.7 Å². The summed E-state index contributed by atoms with van der Waals surface area (Å²) in [6, 6.07) is 0.487. The second kappa shape index (κ2) is 5.04. The smallest absolute Gasteiger partial charge is 0.123 e. The van der Waals surface area contributed by atoms with Gasteiger partial charge in [-0.3, -0.25) is 0 Å². The van der Waals surface area contributed by atoms with Crippen LogP contribution >= 0.6 is 23.1 Å². The monoisotopic (exact) mass is 256 g/mol. The van der Waals surface area contributed by atoms with Crippen LogP contribution in [0.2, 0.25) is 0 Å². The van der Waals surface area contributed by atoms with E-state index in [0.29, 0.717) is 6.04 Å². The Kier molecular flexibility index (Phi) is 3.47. The number of thiazole rings is 1. The van der Waals surface area contributed by atoms with E-state index in [1.165, 1.54) is 18.5 Å². The van der Waals surface area contributed by atoms with Gasteiger partial charge in [-0.15, -0.1) is 11.3 Å². The highest BCUT2D eigenvalue weighted by Gasteiger charge is 2.23. The van der Waals surface area contributed by atoms with Crippen molar-refractivity contribution in [2.24, 2.45) is 0 Å². The standard InChI is InChI=1S/C11H16N2OS2/c1-2-8(12-3-1)9-6-16-11(13-9)10-7-15-5-4-14-10/h6,8,10,12H,1-5,7H2/t8-,10?/m0/s1. The van der Waals surface area contributed by atoms with Gasteiger partial charge in [0.1, 0.15) is 11.1 Å². The number of hydrogen-bond donors (Lipinski definition) is 1. The van der Waals surface area contributed by atoms with E-state index in [9.17, 15) is 0 Å². The van der Waals surface area contributed by atoms with Crippen LogP contribution in [0.5, 0.6) is 0 Å². The fourth-order valence-electron chi connectivity index (χ4n) is 2.18. The molecule has 3 nitrogen and oxygen atoms in total. The molecule has 0 spiro atoms. The summed E-state index contributed by atoms with van der Waals surface area (Å²) in [6.07, 6.45) is 2.73. The lowest BCUT2D eigenvalue weighted by Gasteiger charge is -2.20. The lowest BCUT2D eigenvalue weighted by molar-refractivity contribution is 0.0754. The zero-order valence-electron chi connectivity index (χ0n) is 9.15. The van der Waals surface area contributed by atoms with Gasteiger partial charge in [-0.2, -0.15) is 11.8 Å². The average Bonchev–Trinajstić information content (AvgIpc) is 3.01. The van der Waals surface area contributed by atoms with E-state index in [1.54, 1.807) is 11.3 Å². The molecule has 1 unspecified atom stereocenters. The van der Waals surface area contributed by atoms with Crippen molar-refractivity contribution in [1.29, 1.82) is 0 Å². The summed E-state index contributed by atoms with van der Waals surface area (Å²) < 4.78 is 5.75. The minimum atomic E-state index is 0.235. The second-order valence-corrected chi connectivity index (χ2v) is 6.23. The minimum absolute atomic E-state index is 0.235. The molecule has 0 radical (unpaired) electrons. The summed E-state index contributed by atoms with van der Waals surface area (Å²) in [5.74, 6) is 2.18. The molecule has 2 atom stereocenters. The van der Waals surface area contributed by atoms with Crippen molar-refractivity contribution in [2.75, 3.05) is 24.7 Å². The van der Waals surface area contributed by atoms with Crippen molar-refractivity contribution < 1.29 is 4.74 Å². The van der Waals surface area contributed by atoms with Gasteiger partial charge in [-0.1, -0.05) is 0 Å². The SMILES string of the molecule is c1sc(C2CSCCO2)nc1[C@@H]1CCCN1. The zero-order valence-corrected chi connectivity index (χ0v) is 10.8. The summed E-state index contributed by atoms with van der Waals surface area (Å²) in [4.78, 5) is 4.73. The Morgan fingerprint density at radius 1 is 1.50 bits per heavy atom. The molecular formula is C11H16N2OS2. The molecule has 0 bridgehead atoms. The lowest BCUT2D eigenvalue weighted by Crippen LogP contribution is -2.16. The topological polar surface area (TPSA) is 34.1 Å². The van der Waals surface area contributed by atoms with Gasteiger partial charge in [0.25, 0.3) is 0 Å². The molecule has 16 heavy (non-hydrogen) atoms. The zero-order chi connectivity index (χ0) is 10.8. The summed E-state index contributed by atoms with van der Waals surface area (Å²) in [5, 5.41) is 6.85. The quantitative estimate of drug-likeness (QED) is 0.881. The molecule has 3 rings (SSSR count). The third kappa shape index (κ3) is 2.27. The maximum Gasteiger partial charge on any atom is 0.123 e. The first kappa shape index (κ1) is 11.0. The largest absolute Gasteiger partial charge is 0.369 e. The van der Waals surface area contributed by atoms with Gasteiger partial charge >= 0.3 is 0 Å². The maximum atomic E-state index is 5.75. The van der Waals surface area contributed by atoms with Gasteiger partial charge in [0.15, 0.2) is 0 Å². The first-order chi connectivity index (χ1) is 7.93. The molecule has 2 aliphatic heterocycles. The van der Waals surface area contributed by atoms with E-state index in [1.807, 2.05) is 11.8 Å². The summed E-state index contributed by atoms with van der Waals surface area (Å²) in [7, 11) is 0. The van der Waals surface area contributed by atoms with Crippen molar-refractivity contribution in [3.05, 3.63) is 16.1 Å². The average molecular weight is 256 g/mol. The minimum Gasteiger partial charge on any atom is -0.369 e. The van der Waals surface area contributed by atoms with Gasteiger partial charge in [-0.05, 0) is 19.4 Å². The van der Waals surface area contributed by atoms with E-state index < -0.39 is 0 Å². The molecule has 1 aromatic rings. The maximum absolute atomic E-state index is 5.75. The first-order valence-electron chi connectivity index (χ1n) is 5.81. The molecule has 1 aromatic heterocycles. The Bertz CT molecular complexity index is 344. The number of ether oxygens (including phenoxy) is 1. The van der Waals surface area contributed by atoms with Gasteiger partial charge in [0.05, 0.1) is 18.3 Å². The predicted octanol–water partition coefficient (Wildman–Crippen LogP) is 2.37. The fraction of sp³-hybridized carbons (Fsp3) is 0.727. The fourth-order valence-corrected chi connectivity index (χ4v) is 4.05. The summed E-state index contributed by atoms with van der Waals surface area (Å²) in [5.41, 5.74) is 1.22. The van der Waals surface area contributed by atoms with Gasteiger partial charge in [-0.25, -0.2) is 4.98 Å². The van der Waals surface area contributed by atoms with Crippen LogP contribution in [0.1, 0.15) is 35.7 Å². The van der Waals surface area contributed by atoms with Crippen molar-refractivity contribution in [3.63, 3.8) is 0 Å². The van der Waals surface area contributed by atoms with E-state index in [0.717, 1.165) is 29.7 Å². The highest BCUT2D eigenvalue weighted by atomic mass is 32.2. The van der Waals surface area contributed by atoms with Crippen LogP contribution in [0.25, 0.3) is 0 Å². The third-order valence-electron chi connectivity index (χ3n) is 3.05. The number of hydrogen-bond acceptors (Lipinski definition) is 5. The van der Waals surface area contributed by atoms with Crippen molar-refractivity contribution in [3.8, 4) is 0 Å². The Labute approximate surface area is 104 Å². The Morgan fingerprint density at radius 2 is 2.50 bits per heavy atom. The molecule has 0 saturated carbocycles. The van der Waals surface area contributed by atoms with E-state index in [4.69, 9.17) is 9.72 Å². The molecule has 2 fully saturated rings. The normalized spacial score (nSPS) is 30.8. The number of thioether (sulfide) groups is 1. The van der Waals surface area contributed by atoms with Crippen LogP contribution in [0.3, 0.4) is 0 Å². The molecule has 1 N–H and O–H groups in total. The Hall–Kier alpha value is -0.100. The van der Waals surface area contributed by atoms with Gasteiger partial charge < -0.3 is 10.1 Å². The number of aromatic nitrogens is 1. The van der Waals surface area contributed by atoms with Crippen molar-refractivity contribution in [1.82, 2.24) is 10.3 Å². The first-order valence-corrected chi connectivity index (χ1v) is 7.85. The van der Waals surface area contributed by atoms with Crippen LogP contribution in [0, 0.1) is 0 Å². The molecule has 0 amide bonds. The third-order valence-corrected chi connectivity index (χ3v) is 5.00. The lowest BCUT2D eigenvalue weighted by atomic mass is 10.2. The highest BCUT2D eigenvalue weighted by Crippen LogP contribution is 2.31. The predicted molar refractivity (Wildman–Crippen MR) is 68.1 cm³/mol. The van der Waals surface area contributed by atoms with Crippen molar-refractivity contribution in [2.45, 2.75) is 25.0 Å². The van der Waals surface area contributed by atoms with E-state index >= 15 is 0 Å². The summed E-state index contributed by atoms with van der Waals surface area (Å²) >= 11 is 3.72. The molecule has 88 valence electrons. The molecule has 3 heterocycles. The Balaban J connectivity index is 1.71.